The minimum absolute atomic E-state index is 0.0663. The highest BCUT2D eigenvalue weighted by Crippen LogP contribution is 2.34. The van der Waals surface area contributed by atoms with Gasteiger partial charge in [-0.2, -0.15) is 13.2 Å². The number of rotatable bonds is 4. The highest BCUT2D eigenvalue weighted by Gasteiger charge is 2.33. The molecular weight excluding hydrogens is 365 g/mol. The monoisotopic (exact) mass is 378 g/mol. The number of hydrogen-bond acceptors (Lipinski definition) is 5. The molecule has 0 aliphatic carbocycles. The van der Waals surface area contributed by atoms with E-state index in [1.807, 2.05) is 19.1 Å². The summed E-state index contributed by atoms with van der Waals surface area (Å²) in [6, 6.07) is 10.8. The summed E-state index contributed by atoms with van der Waals surface area (Å²) in [5, 5.41) is -0.307. The highest BCUT2D eigenvalue weighted by atomic mass is 19.4. The van der Waals surface area contributed by atoms with Crippen LogP contribution in [0.3, 0.4) is 0 Å². The minimum atomic E-state index is -4.71. The molecule has 0 saturated carbocycles. The number of ether oxygens (including phenoxy) is 2. The maximum atomic E-state index is 13.0. The maximum Gasteiger partial charge on any atom is 0.417 e. The molecule has 3 rings (SSSR count). The number of alkyl halides is 3. The van der Waals surface area contributed by atoms with Crippen LogP contribution in [0.1, 0.15) is 11.1 Å². The molecule has 3 aromatic rings. The lowest BCUT2D eigenvalue weighted by atomic mass is 10.1. The molecule has 1 aromatic heterocycles. The number of carbonyl (C=O) groups excluding carboxylic acids is 1. The molecule has 0 amide bonds. The molecular formula is C19H13F3O5. The Morgan fingerprint density at radius 2 is 1.85 bits per heavy atom. The Kier molecular flexibility index (Phi) is 4.89. The zero-order valence-electron chi connectivity index (χ0n) is 14.0. The van der Waals surface area contributed by atoms with Crippen LogP contribution in [0.2, 0.25) is 0 Å². The summed E-state index contributed by atoms with van der Waals surface area (Å²) in [6.45, 7) is 1.42. The van der Waals surface area contributed by atoms with Gasteiger partial charge in [0.05, 0.1) is 5.56 Å². The Bertz CT molecular complexity index is 1050. The van der Waals surface area contributed by atoms with E-state index < -0.39 is 29.9 Å². The number of carbonyl (C=O) groups is 1. The van der Waals surface area contributed by atoms with E-state index in [1.54, 1.807) is 12.1 Å². The molecule has 0 aliphatic rings. The molecule has 140 valence electrons. The van der Waals surface area contributed by atoms with Crippen LogP contribution >= 0.6 is 0 Å². The zero-order valence-corrected chi connectivity index (χ0v) is 14.0. The average Bonchev–Trinajstić information content (AvgIpc) is 2.59. The van der Waals surface area contributed by atoms with Gasteiger partial charge in [0.15, 0.2) is 6.61 Å². The fourth-order valence-electron chi connectivity index (χ4n) is 2.46. The van der Waals surface area contributed by atoms with E-state index >= 15 is 0 Å². The summed E-state index contributed by atoms with van der Waals surface area (Å²) in [5.74, 6) is -0.316. The molecule has 5 nitrogen and oxygen atoms in total. The largest absolute Gasteiger partial charge is 0.482 e. The van der Waals surface area contributed by atoms with Crippen LogP contribution in [0, 0.1) is 6.92 Å². The molecule has 0 N–H and O–H groups in total. The zero-order chi connectivity index (χ0) is 19.6. The molecule has 0 atom stereocenters. The molecule has 0 fully saturated rings. The Balaban J connectivity index is 1.78. The van der Waals surface area contributed by atoms with Crippen LogP contribution in [-0.2, 0) is 11.0 Å². The summed E-state index contributed by atoms with van der Waals surface area (Å²) in [5.41, 5.74) is -1.77. The SMILES string of the molecule is Cc1ccccc1OCC(=O)Oc1ccc2c(C(F)(F)F)cc(=O)oc2c1. The summed E-state index contributed by atoms with van der Waals surface area (Å²) in [4.78, 5) is 23.3. The van der Waals surface area contributed by atoms with E-state index in [4.69, 9.17) is 13.9 Å². The molecule has 0 unspecified atom stereocenters. The average molecular weight is 378 g/mol. The van der Waals surface area contributed by atoms with Crippen molar-refractivity contribution >= 4 is 16.9 Å². The first-order chi connectivity index (χ1) is 12.7. The Morgan fingerprint density at radius 3 is 2.56 bits per heavy atom. The third-order valence-corrected chi connectivity index (χ3v) is 3.69. The molecule has 1 heterocycles. The Labute approximate surface area is 150 Å². The van der Waals surface area contributed by atoms with Crippen molar-refractivity contribution in [3.63, 3.8) is 0 Å². The van der Waals surface area contributed by atoms with Crippen LogP contribution in [0.4, 0.5) is 13.2 Å². The molecule has 8 heteroatoms. The van der Waals surface area contributed by atoms with Crippen molar-refractivity contribution in [1.29, 1.82) is 0 Å². The number of para-hydroxylation sites is 1. The standard InChI is InChI=1S/C19H13F3O5/c1-11-4-2-3-5-15(11)25-10-18(24)26-12-6-7-13-14(19(20,21)22)9-17(23)27-16(13)8-12/h2-9H,10H2,1H3. The number of hydrogen-bond donors (Lipinski definition) is 0. The number of halogens is 3. The van der Waals surface area contributed by atoms with E-state index in [-0.39, 0.29) is 16.7 Å². The van der Waals surface area contributed by atoms with Crippen LogP contribution in [-0.4, -0.2) is 12.6 Å². The van der Waals surface area contributed by atoms with Crippen molar-refractivity contribution in [2.75, 3.05) is 6.61 Å². The first-order valence-corrected chi connectivity index (χ1v) is 7.78. The van der Waals surface area contributed by atoms with Crippen molar-refractivity contribution in [1.82, 2.24) is 0 Å². The van der Waals surface area contributed by atoms with E-state index in [0.717, 1.165) is 17.7 Å². The molecule has 0 spiro atoms. The molecule has 0 aliphatic heterocycles. The summed E-state index contributed by atoms with van der Waals surface area (Å²) in [7, 11) is 0. The third-order valence-electron chi connectivity index (χ3n) is 3.69. The molecule has 0 radical (unpaired) electrons. The van der Waals surface area contributed by atoms with Gasteiger partial charge >= 0.3 is 17.8 Å². The summed E-state index contributed by atoms with van der Waals surface area (Å²) in [6.07, 6.45) is -4.71. The second-order valence-electron chi connectivity index (χ2n) is 5.66. The lowest BCUT2D eigenvalue weighted by Crippen LogP contribution is -2.18. The van der Waals surface area contributed by atoms with E-state index in [2.05, 4.69) is 0 Å². The van der Waals surface area contributed by atoms with Gasteiger partial charge in [-0.1, -0.05) is 18.2 Å². The number of fused-ring (bicyclic) bond motifs is 1. The van der Waals surface area contributed by atoms with Gasteiger partial charge in [0.25, 0.3) is 0 Å². The second kappa shape index (κ2) is 7.14. The smallest absolute Gasteiger partial charge is 0.417 e. The normalized spacial score (nSPS) is 11.4. The predicted molar refractivity (Wildman–Crippen MR) is 89.8 cm³/mol. The van der Waals surface area contributed by atoms with Gasteiger partial charge in [0.2, 0.25) is 0 Å². The van der Waals surface area contributed by atoms with Crippen molar-refractivity contribution < 1.29 is 31.9 Å². The van der Waals surface area contributed by atoms with Crippen LogP contribution in [0.15, 0.2) is 57.7 Å². The van der Waals surface area contributed by atoms with Crippen LogP contribution in [0.25, 0.3) is 11.0 Å². The van der Waals surface area contributed by atoms with E-state index in [0.29, 0.717) is 11.8 Å². The van der Waals surface area contributed by atoms with Crippen LogP contribution < -0.4 is 15.1 Å². The Morgan fingerprint density at radius 1 is 1.11 bits per heavy atom. The maximum absolute atomic E-state index is 13.0. The van der Waals surface area contributed by atoms with Gasteiger partial charge in [0, 0.05) is 17.5 Å². The van der Waals surface area contributed by atoms with Crippen LogP contribution in [0.5, 0.6) is 11.5 Å². The lowest BCUT2D eigenvalue weighted by molar-refractivity contribution is -0.137. The van der Waals surface area contributed by atoms with Gasteiger partial charge in [-0.05, 0) is 30.7 Å². The van der Waals surface area contributed by atoms with Gasteiger partial charge in [0.1, 0.15) is 17.1 Å². The lowest BCUT2D eigenvalue weighted by Gasteiger charge is -2.11. The Hall–Kier alpha value is -3.29. The first kappa shape index (κ1) is 18.5. The van der Waals surface area contributed by atoms with Crippen molar-refractivity contribution in [2.45, 2.75) is 13.1 Å². The summed E-state index contributed by atoms with van der Waals surface area (Å²) >= 11 is 0. The molecule has 0 saturated heterocycles. The van der Waals surface area contributed by atoms with Gasteiger partial charge < -0.3 is 13.9 Å². The topological polar surface area (TPSA) is 65.7 Å². The van der Waals surface area contributed by atoms with E-state index in [1.165, 1.54) is 6.07 Å². The number of benzene rings is 2. The van der Waals surface area contributed by atoms with Gasteiger partial charge in [-0.15, -0.1) is 0 Å². The molecule has 0 bridgehead atoms. The van der Waals surface area contributed by atoms with Crippen molar-refractivity contribution in [2.24, 2.45) is 0 Å². The van der Waals surface area contributed by atoms with Crippen molar-refractivity contribution in [3.8, 4) is 11.5 Å². The second-order valence-corrected chi connectivity index (χ2v) is 5.66. The van der Waals surface area contributed by atoms with Gasteiger partial charge in [-0.25, -0.2) is 9.59 Å². The van der Waals surface area contributed by atoms with E-state index in [9.17, 15) is 22.8 Å². The number of aryl methyl sites for hydroxylation is 1. The molecule has 2 aromatic carbocycles. The first-order valence-electron chi connectivity index (χ1n) is 7.78. The van der Waals surface area contributed by atoms with Gasteiger partial charge in [-0.3, -0.25) is 0 Å². The highest BCUT2D eigenvalue weighted by molar-refractivity contribution is 5.83. The molecule has 27 heavy (non-hydrogen) atoms. The number of esters is 1. The van der Waals surface area contributed by atoms with Crippen molar-refractivity contribution in [3.05, 3.63) is 70.1 Å². The third kappa shape index (κ3) is 4.28. The predicted octanol–water partition coefficient (Wildman–Crippen LogP) is 4.10. The fraction of sp³-hybridized carbons (Fsp3) is 0.158. The summed E-state index contributed by atoms with van der Waals surface area (Å²) < 4.78 is 54.2. The quantitative estimate of drug-likeness (QED) is 0.388. The fourth-order valence-corrected chi connectivity index (χ4v) is 2.46. The minimum Gasteiger partial charge on any atom is -0.482 e.